The fourth-order valence-corrected chi connectivity index (χ4v) is 3.26. The number of aliphatic hydroxyl groups excluding tert-OH is 1. The highest BCUT2D eigenvalue weighted by Gasteiger charge is 2.13. The van der Waals surface area contributed by atoms with E-state index in [0.29, 0.717) is 16.7 Å². The molecule has 0 saturated carbocycles. The van der Waals surface area contributed by atoms with E-state index in [9.17, 15) is 5.11 Å². The first-order valence-electron chi connectivity index (χ1n) is 7.66. The van der Waals surface area contributed by atoms with E-state index >= 15 is 0 Å². The number of aliphatic hydroxyl groups is 1. The number of hydrogen-bond donors (Lipinski definition) is 1. The number of halogens is 1. The lowest BCUT2D eigenvalue weighted by atomic mass is 10.2. The van der Waals surface area contributed by atoms with Crippen molar-refractivity contribution in [2.24, 2.45) is 0 Å². The molecular weight excluding hydrogens is 404 g/mol. The lowest BCUT2D eigenvalue weighted by Crippen LogP contribution is -2.20. The van der Waals surface area contributed by atoms with E-state index in [0.717, 1.165) is 10.2 Å². The zero-order chi connectivity index (χ0) is 17.6. The zero-order valence-corrected chi connectivity index (χ0v) is 15.9. The Labute approximate surface area is 158 Å². The van der Waals surface area contributed by atoms with Crippen LogP contribution in [0, 0.1) is 6.92 Å². The summed E-state index contributed by atoms with van der Waals surface area (Å²) in [5.41, 5.74) is 2.06. The van der Waals surface area contributed by atoms with Gasteiger partial charge < -0.3 is 9.84 Å². The molecule has 0 spiro atoms. The summed E-state index contributed by atoms with van der Waals surface area (Å²) in [4.78, 5) is 0. The molecule has 2 aromatic carbocycles. The summed E-state index contributed by atoms with van der Waals surface area (Å²) in [5, 5.41) is 22.5. The number of aryl methyl sites for hydroxylation is 1. The lowest BCUT2D eigenvalue weighted by molar-refractivity contribution is 0.126. The van der Waals surface area contributed by atoms with Crippen molar-refractivity contribution >= 4 is 27.7 Å². The fourth-order valence-electron chi connectivity index (χ4n) is 2.08. The lowest BCUT2D eigenvalue weighted by Gasteiger charge is -2.12. The van der Waals surface area contributed by atoms with Crippen molar-refractivity contribution < 1.29 is 9.84 Å². The predicted octanol–water partition coefficient (Wildman–Crippen LogP) is 3.27. The first-order chi connectivity index (χ1) is 12.1. The molecule has 1 atom stereocenters. The predicted molar refractivity (Wildman–Crippen MR) is 100 cm³/mol. The normalized spacial score (nSPS) is 12.1. The van der Waals surface area contributed by atoms with Crippen molar-refractivity contribution in [1.29, 1.82) is 0 Å². The Kier molecular flexibility index (Phi) is 6.06. The van der Waals surface area contributed by atoms with Crippen molar-refractivity contribution in [3.63, 3.8) is 0 Å². The topological polar surface area (TPSA) is 73.1 Å². The van der Waals surface area contributed by atoms with E-state index < -0.39 is 6.10 Å². The van der Waals surface area contributed by atoms with Crippen LogP contribution in [0.15, 0.2) is 58.2 Å². The second-order valence-electron chi connectivity index (χ2n) is 5.44. The van der Waals surface area contributed by atoms with Gasteiger partial charge in [-0.2, -0.15) is 4.68 Å². The minimum Gasteiger partial charge on any atom is -0.491 e. The van der Waals surface area contributed by atoms with Crippen LogP contribution in [0.5, 0.6) is 5.75 Å². The maximum atomic E-state index is 10.1. The van der Waals surface area contributed by atoms with Crippen LogP contribution in [0.3, 0.4) is 0 Å². The standard InChI is InChI=1S/C17H17BrN4O2S/c1-12-5-7-14(8-6-12)22-17(19-20-21-22)25-11-15(23)10-24-16-4-2-3-13(18)9-16/h2-9,15,23H,10-11H2,1H3/t15-/m1/s1. The van der Waals surface area contributed by atoms with Gasteiger partial charge in [-0.05, 0) is 47.7 Å². The fraction of sp³-hybridized carbons (Fsp3) is 0.235. The van der Waals surface area contributed by atoms with Crippen LogP contribution >= 0.6 is 27.7 Å². The second-order valence-corrected chi connectivity index (χ2v) is 7.34. The smallest absolute Gasteiger partial charge is 0.214 e. The van der Waals surface area contributed by atoms with Crippen LogP contribution in [0.25, 0.3) is 5.69 Å². The molecule has 0 aliphatic rings. The van der Waals surface area contributed by atoms with Gasteiger partial charge >= 0.3 is 0 Å². The molecule has 6 nitrogen and oxygen atoms in total. The van der Waals surface area contributed by atoms with Crippen molar-refractivity contribution in [3.05, 3.63) is 58.6 Å². The number of hydrogen-bond acceptors (Lipinski definition) is 6. The molecule has 1 heterocycles. The van der Waals surface area contributed by atoms with Crippen LogP contribution < -0.4 is 4.74 Å². The summed E-state index contributed by atoms with van der Waals surface area (Å²) in [5.74, 6) is 1.14. The third-order valence-electron chi connectivity index (χ3n) is 3.36. The Bertz CT molecular complexity index is 826. The Morgan fingerprint density at radius 3 is 2.80 bits per heavy atom. The quantitative estimate of drug-likeness (QED) is 0.591. The van der Waals surface area contributed by atoms with Crippen molar-refractivity contribution in [1.82, 2.24) is 20.2 Å². The molecule has 25 heavy (non-hydrogen) atoms. The highest BCUT2D eigenvalue weighted by Crippen LogP contribution is 2.21. The van der Waals surface area contributed by atoms with E-state index in [1.165, 1.54) is 17.3 Å². The van der Waals surface area contributed by atoms with Gasteiger partial charge in [0.15, 0.2) is 0 Å². The van der Waals surface area contributed by atoms with Gasteiger partial charge in [-0.3, -0.25) is 0 Å². The van der Waals surface area contributed by atoms with Crippen molar-refractivity contribution in [3.8, 4) is 11.4 Å². The number of aromatic nitrogens is 4. The first kappa shape index (κ1) is 17.9. The Morgan fingerprint density at radius 2 is 2.04 bits per heavy atom. The summed E-state index contributed by atoms with van der Waals surface area (Å²) >= 11 is 4.78. The molecule has 3 rings (SSSR count). The maximum absolute atomic E-state index is 10.1. The van der Waals surface area contributed by atoms with Gasteiger partial charge in [0.1, 0.15) is 12.4 Å². The molecule has 8 heteroatoms. The van der Waals surface area contributed by atoms with E-state index in [1.54, 1.807) is 4.68 Å². The SMILES string of the molecule is Cc1ccc(-n2nnnc2SC[C@H](O)COc2cccc(Br)c2)cc1. The molecule has 0 amide bonds. The third-order valence-corrected chi connectivity index (χ3v) is 4.92. The van der Waals surface area contributed by atoms with E-state index in [-0.39, 0.29) is 6.61 Å². The van der Waals surface area contributed by atoms with Gasteiger partial charge in [0, 0.05) is 10.2 Å². The highest BCUT2D eigenvalue weighted by atomic mass is 79.9. The molecule has 0 radical (unpaired) electrons. The average Bonchev–Trinajstić information content (AvgIpc) is 3.07. The van der Waals surface area contributed by atoms with Gasteiger partial charge in [-0.1, -0.05) is 51.5 Å². The number of rotatable bonds is 7. The van der Waals surface area contributed by atoms with Crippen molar-refractivity contribution in [2.45, 2.75) is 18.2 Å². The molecule has 0 unspecified atom stereocenters. The van der Waals surface area contributed by atoms with Gasteiger partial charge in [-0.15, -0.1) is 5.10 Å². The molecule has 130 valence electrons. The molecule has 0 fully saturated rings. The summed E-state index contributed by atoms with van der Waals surface area (Å²) in [6.45, 7) is 2.23. The summed E-state index contributed by atoms with van der Waals surface area (Å²) in [7, 11) is 0. The largest absolute Gasteiger partial charge is 0.491 e. The van der Waals surface area contributed by atoms with Crippen LogP contribution in [0.1, 0.15) is 5.56 Å². The molecule has 3 aromatic rings. The first-order valence-corrected chi connectivity index (χ1v) is 9.44. The summed E-state index contributed by atoms with van der Waals surface area (Å²) < 4.78 is 8.19. The third kappa shape index (κ3) is 5.04. The second kappa shape index (κ2) is 8.46. The number of nitrogens with zero attached hydrogens (tertiary/aromatic N) is 4. The number of thioether (sulfide) groups is 1. The molecule has 0 saturated heterocycles. The number of benzene rings is 2. The van der Waals surface area contributed by atoms with Gasteiger partial charge in [-0.25, -0.2) is 0 Å². The van der Waals surface area contributed by atoms with Crippen LogP contribution in [0.4, 0.5) is 0 Å². The van der Waals surface area contributed by atoms with E-state index in [1.807, 2.05) is 55.5 Å². The number of ether oxygens (including phenoxy) is 1. The minimum absolute atomic E-state index is 0.204. The minimum atomic E-state index is -0.632. The van der Waals surface area contributed by atoms with E-state index in [2.05, 4.69) is 31.5 Å². The molecule has 0 bridgehead atoms. The van der Waals surface area contributed by atoms with E-state index in [4.69, 9.17) is 4.74 Å². The van der Waals surface area contributed by atoms with Crippen LogP contribution in [-0.4, -0.2) is 43.8 Å². The van der Waals surface area contributed by atoms with Crippen LogP contribution in [-0.2, 0) is 0 Å². The summed E-state index contributed by atoms with van der Waals surface area (Å²) in [6, 6.07) is 15.4. The number of tetrazole rings is 1. The Hall–Kier alpha value is -1.90. The molecule has 0 aliphatic carbocycles. The van der Waals surface area contributed by atoms with Gasteiger partial charge in [0.25, 0.3) is 0 Å². The molecule has 0 aliphatic heterocycles. The zero-order valence-electron chi connectivity index (χ0n) is 13.5. The van der Waals surface area contributed by atoms with Crippen LogP contribution in [0.2, 0.25) is 0 Å². The Balaban J connectivity index is 1.55. The molecule has 1 aromatic heterocycles. The monoisotopic (exact) mass is 420 g/mol. The highest BCUT2D eigenvalue weighted by molar-refractivity contribution is 9.10. The average molecular weight is 421 g/mol. The Morgan fingerprint density at radius 1 is 1.24 bits per heavy atom. The maximum Gasteiger partial charge on any atom is 0.214 e. The van der Waals surface area contributed by atoms with Gasteiger partial charge in [0.2, 0.25) is 5.16 Å². The molecule has 1 N–H and O–H groups in total. The molecular formula is C17H17BrN4O2S. The van der Waals surface area contributed by atoms with Crippen molar-refractivity contribution in [2.75, 3.05) is 12.4 Å². The van der Waals surface area contributed by atoms with Gasteiger partial charge in [0.05, 0.1) is 11.8 Å². The summed E-state index contributed by atoms with van der Waals surface area (Å²) in [6.07, 6.45) is -0.632.